The predicted octanol–water partition coefficient (Wildman–Crippen LogP) is 0.888. The molecule has 2 aromatic heterocycles. The Morgan fingerprint density at radius 2 is 2.17 bits per heavy atom. The van der Waals surface area contributed by atoms with Gasteiger partial charge in [0.15, 0.2) is 0 Å². The van der Waals surface area contributed by atoms with Crippen LogP contribution in [-0.2, 0) is 11.2 Å². The summed E-state index contributed by atoms with van der Waals surface area (Å²) in [6.07, 6.45) is 4.81. The number of likely N-dealkylation sites (tertiary alicyclic amines) is 1. The number of nitrogens with zero attached hydrogens (tertiary/aromatic N) is 5. The normalized spacial score (nSPS) is 26.4. The Balaban J connectivity index is 1.40. The van der Waals surface area contributed by atoms with Gasteiger partial charge in [-0.15, -0.1) is 10.2 Å². The molecule has 0 spiro atoms. The van der Waals surface area contributed by atoms with Gasteiger partial charge in [0.1, 0.15) is 0 Å². The highest BCUT2D eigenvalue weighted by atomic mass is 16.5. The van der Waals surface area contributed by atoms with Crippen LogP contribution in [0.2, 0.25) is 0 Å². The summed E-state index contributed by atoms with van der Waals surface area (Å²) < 4.78 is 11.4. The molecule has 0 bridgehead atoms. The first-order chi connectivity index (χ1) is 11.7. The first-order valence-electron chi connectivity index (χ1n) is 8.17. The van der Waals surface area contributed by atoms with Gasteiger partial charge in [0.2, 0.25) is 17.6 Å². The van der Waals surface area contributed by atoms with Crippen molar-refractivity contribution in [2.24, 2.45) is 11.8 Å². The van der Waals surface area contributed by atoms with E-state index in [4.69, 9.17) is 9.15 Å². The summed E-state index contributed by atoms with van der Waals surface area (Å²) in [6, 6.07) is 1.71. The number of carbonyl (C=O) groups excluding carboxylic acids is 1. The number of aromatic nitrogens is 4. The molecule has 3 atom stereocenters. The lowest BCUT2D eigenvalue weighted by atomic mass is 9.83. The monoisotopic (exact) mass is 329 g/mol. The van der Waals surface area contributed by atoms with Crippen LogP contribution in [0.4, 0.5) is 0 Å². The fraction of sp³-hybridized carbons (Fsp3) is 0.562. The van der Waals surface area contributed by atoms with E-state index in [0.717, 1.165) is 6.42 Å². The zero-order valence-corrected chi connectivity index (χ0v) is 13.5. The molecular formula is C16H19N5O3. The van der Waals surface area contributed by atoms with Gasteiger partial charge >= 0.3 is 0 Å². The van der Waals surface area contributed by atoms with E-state index >= 15 is 0 Å². The predicted molar refractivity (Wildman–Crippen MR) is 82.0 cm³/mol. The molecular weight excluding hydrogens is 310 g/mol. The molecule has 2 aliphatic rings. The molecule has 0 N–H and O–H groups in total. The maximum atomic E-state index is 12.5. The second-order valence-electron chi connectivity index (χ2n) is 6.33. The van der Waals surface area contributed by atoms with Gasteiger partial charge in [-0.2, -0.15) is 0 Å². The van der Waals surface area contributed by atoms with Crippen LogP contribution in [-0.4, -0.2) is 56.8 Å². The number of hydrogen-bond acceptors (Lipinski definition) is 7. The van der Waals surface area contributed by atoms with E-state index in [9.17, 15) is 4.79 Å². The molecule has 2 aliphatic heterocycles. The molecule has 1 amide bonds. The highest BCUT2D eigenvalue weighted by molar-refractivity contribution is 5.90. The second-order valence-corrected chi connectivity index (χ2v) is 6.33. The van der Waals surface area contributed by atoms with Crippen molar-refractivity contribution in [3.05, 3.63) is 36.1 Å². The highest BCUT2D eigenvalue weighted by Crippen LogP contribution is 2.36. The van der Waals surface area contributed by atoms with Gasteiger partial charge < -0.3 is 14.1 Å². The van der Waals surface area contributed by atoms with Crippen LogP contribution in [0.1, 0.15) is 28.8 Å². The van der Waals surface area contributed by atoms with Crippen molar-refractivity contribution in [3.63, 3.8) is 0 Å². The van der Waals surface area contributed by atoms with Crippen LogP contribution in [0.25, 0.3) is 0 Å². The molecule has 126 valence electrons. The van der Waals surface area contributed by atoms with E-state index in [1.807, 2.05) is 4.90 Å². The highest BCUT2D eigenvalue weighted by Gasteiger charge is 2.42. The smallest absolute Gasteiger partial charge is 0.291 e. The third kappa shape index (κ3) is 2.89. The summed E-state index contributed by atoms with van der Waals surface area (Å²) in [5, 5.41) is 7.91. The Labute approximate surface area is 139 Å². The van der Waals surface area contributed by atoms with Crippen molar-refractivity contribution >= 4 is 5.91 Å². The van der Waals surface area contributed by atoms with Crippen molar-refractivity contribution in [1.82, 2.24) is 25.1 Å². The SMILES string of the molecule is Cc1nnc(C[C@@H]2OC[C@H]3CN(C(=O)c4ncccn4)CC[C@H]32)o1. The molecule has 0 radical (unpaired) electrons. The molecule has 24 heavy (non-hydrogen) atoms. The number of aryl methyl sites for hydroxylation is 1. The molecule has 4 rings (SSSR count). The van der Waals surface area contributed by atoms with Crippen LogP contribution in [0.15, 0.2) is 22.9 Å². The number of ether oxygens (including phenoxy) is 1. The third-order valence-electron chi connectivity index (χ3n) is 4.78. The van der Waals surface area contributed by atoms with Gasteiger partial charge in [0.25, 0.3) is 5.91 Å². The van der Waals surface area contributed by atoms with Crippen LogP contribution < -0.4 is 0 Å². The average molecular weight is 329 g/mol. The number of rotatable bonds is 3. The van der Waals surface area contributed by atoms with Gasteiger partial charge in [0.05, 0.1) is 19.1 Å². The van der Waals surface area contributed by atoms with Crippen molar-refractivity contribution in [3.8, 4) is 0 Å². The van der Waals surface area contributed by atoms with Crippen molar-refractivity contribution < 1.29 is 13.9 Å². The van der Waals surface area contributed by atoms with E-state index in [1.54, 1.807) is 25.4 Å². The molecule has 8 heteroatoms. The Bertz CT molecular complexity index is 720. The number of amides is 1. The minimum Gasteiger partial charge on any atom is -0.425 e. The summed E-state index contributed by atoms with van der Waals surface area (Å²) in [5.41, 5.74) is 0. The van der Waals surface area contributed by atoms with Crippen LogP contribution in [0.3, 0.4) is 0 Å². The molecule has 2 fully saturated rings. The summed E-state index contributed by atoms with van der Waals surface area (Å²) in [7, 11) is 0. The number of hydrogen-bond donors (Lipinski definition) is 0. The van der Waals surface area contributed by atoms with Gasteiger partial charge in [-0.05, 0) is 18.4 Å². The van der Waals surface area contributed by atoms with Crippen LogP contribution in [0.5, 0.6) is 0 Å². The van der Waals surface area contributed by atoms with E-state index < -0.39 is 0 Å². The quantitative estimate of drug-likeness (QED) is 0.825. The Morgan fingerprint density at radius 1 is 1.33 bits per heavy atom. The Hall–Kier alpha value is -2.35. The van der Waals surface area contributed by atoms with Gasteiger partial charge in [-0.3, -0.25) is 4.79 Å². The standard InChI is InChI=1S/C16H19N5O3/c1-10-19-20-14(24-10)7-13-12-3-6-21(8-11(12)9-23-13)16(22)15-17-4-2-5-18-15/h2,4-5,11-13H,3,6-9H2,1H3/t11-,12-,13+/m1/s1. The Kier molecular flexibility index (Phi) is 3.97. The van der Waals surface area contributed by atoms with Gasteiger partial charge in [-0.1, -0.05) is 0 Å². The third-order valence-corrected chi connectivity index (χ3v) is 4.78. The first-order valence-corrected chi connectivity index (χ1v) is 8.17. The van der Waals surface area contributed by atoms with Gasteiger partial charge in [-0.25, -0.2) is 9.97 Å². The lowest BCUT2D eigenvalue weighted by Gasteiger charge is -2.35. The molecule has 2 saturated heterocycles. The van der Waals surface area contributed by atoms with E-state index in [1.165, 1.54) is 0 Å². The summed E-state index contributed by atoms with van der Waals surface area (Å²) in [4.78, 5) is 22.4. The molecule has 0 unspecified atom stereocenters. The topological polar surface area (TPSA) is 94.2 Å². The minimum absolute atomic E-state index is 0.0834. The fourth-order valence-corrected chi connectivity index (χ4v) is 3.62. The van der Waals surface area contributed by atoms with Gasteiger partial charge in [0, 0.05) is 38.3 Å². The van der Waals surface area contributed by atoms with E-state index in [2.05, 4.69) is 20.2 Å². The Morgan fingerprint density at radius 3 is 2.92 bits per heavy atom. The first kappa shape index (κ1) is 15.2. The van der Waals surface area contributed by atoms with Crippen LogP contribution in [0, 0.1) is 18.8 Å². The molecule has 4 heterocycles. The average Bonchev–Trinajstić information content (AvgIpc) is 3.21. The molecule has 8 nitrogen and oxygen atoms in total. The maximum absolute atomic E-state index is 12.5. The zero-order valence-electron chi connectivity index (χ0n) is 13.5. The lowest BCUT2D eigenvalue weighted by Crippen LogP contribution is -2.45. The minimum atomic E-state index is -0.106. The molecule has 2 aromatic rings. The second kappa shape index (κ2) is 6.27. The number of piperidine rings is 1. The van der Waals surface area contributed by atoms with Crippen molar-refractivity contribution in [2.45, 2.75) is 25.9 Å². The summed E-state index contributed by atoms with van der Waals surface area (Å²) in [5.74, 6) is 2.09. The molecule has 0 aromatic carbocycles. The molecule has 0 aliphatic carbocycles. The number of fused-ring (bicyclic) bond motifs is 1. The van der Waals surface area contributed by atoms with Crippen LogP contribution >= 0.6 is 0 Å². The lowest BCUT2D eigenvalue weighted by molar-refractivity contribution is 0.0593. The molecule has 0 saturated carbocycles. The van der Waals surface area contributed by atoms with Crippen molar-refractivity contribution in [2.75, 3.05) is 19.7 Å². The maximum Gasteiger partial charge on any atom is 0.291 e. The fourth-order valence-electron chi connectivity index (χ4n) is 3.62. The number of carbonyl (C=O) groups is 1. The van der Waals surface area contributed by atoms with E-state index in [-0.39, 0.29) is 17.8 Å². The van der Waals surface area contributed by atoms with Crippen molar-refractivity contribution in [1.29, 1.82) is 0 Å². The summed E-state index contributed by atoms with van der Waals surface area (Å²) in [6.45, 7) is 3.81. The van der Waals surface area contributed by atoms with E-state index in [0.29, 0.717) is 49.7 Å². The zero-order chi connectivity index (χ0) is 16.5. The largest absolute Gasteiger partial charge is 0.425 e. The summed E-state index contributed by atoms with van der Waals surface area (Å²) >= 11 is 0.